The van der Waals surface area contributed by atoms with Crippen molar-refractivity contribution in [1.82, 2.24) is 14.7 Å². The number of aromatic nitrogens is 2. The Labute approximate surface area is 105 Å². The molecule has 0 spiro atoms. The van der Waals surface area contributed by atoms with E-state index in [2.05, 4.69) is 48.4 Å². The van der Waals surface area contributed by atoms with Crippen LogP contribution in [-0.4, -0.2) is 33.8 Å². The lowest BCUT2D eigenvalue weighted by molar-refractivity contribution is 0.205. The van der Waals surface area contributed by atoms with E-state index in [0.717, 1.165) is 38.3 Å². The maximum Gasteiger partial charge on any atom is 0.0597 e. The van der Waals surface area contributed by atoms with E-state index >= 15 is 0 Å². The summed E-state index contributed by atoms with van der Waals surface area (Å²) in [5.74, 6) is 0. The molecule has 0 unspecified atom stereocenters. The fourth-order valence-corrected chi connectivity index (χ4v) is 2.02. The summed E-state index contributed by atoms with van der Waals surface area (Å²) in [4.78, 5) is 2.45. The highest BCUT2D eigenvalue weighted by atomic mass is 15.3. The average molecular weight is 238 g/mol. The van der Waals surface area contributed by atoms with E-state index in [9.17, 15) is 0 Å². The van der Waals surface area contributed by atoms with Crippen LogP contribution in [0, 0.1) is 6.92 Å². The largest absolute Gasteiger partial charge is 0.330 e. The Morgan fingerprint density at radius 1 is 1.47 bits per heavy atom. The van der Waals surface area contributed by atoms with Gasteiger partial charge in [0.05, 0.1) is 11.4 Å². The molecule has 1 aromatic rings. The van der Waals surface area contributed by atoms with Gasteiger partial charge in [-0.2, -0.15) is 5.10 Å². The number of aryl methyl sites for hydroxylation is 2. The van der Waals surface area contributed by atoms with Gasteiger partial charge in [-0.05, 0) is 46.7 Å². The maximum absolute atomic E-state index is 5.59. The van der Waals surface area contributed by atoms with Crippen molar-refractivity contribution in [3.63, 3.8) is 0 Å². The lowest BCUT2D eigenvalue weighted by Crippen LogP contribution is -2.33. The lowest BCUT2D eigenvalue weighted by atomic mass is 10.2. The first kappa shape index (κ1) is 14.2. The minimum Gasteiger partial charge on any atom is -0.330 e. The smallest absolute Gasteiger partial charge is 0.0597 e. The fourth-order valence-electron chi connectivity index (χ4n) is 2.02. The zero-order chi connectivity index (χ0) is 12.8. The first-order valence-electron chi connectivity index (χ1n) is 6.56. The molecule has 0 aromatic carbocycles. The summed E-state index contributed by atoms with van der Waals surface area (Å²) in [5, 5.41) is 4.49. The third-order valence-electron chi connectivity index (χ3n) is 3.03. The molecule has 0 aliphatic rings. The standard InChI is InChI=1S/C13H26N4/c1-5-17-13(9-12(4)15-17)10-16(11(2)3)8-6-7-14/h9,11H,5-8,10,14H2,1-4H3. The first-order valence-corrected chi connectivity index (χ1v) is 6.56. The van der Waals surface area contributed by atoms with Gasteiger partial charge in [-0.3, -0.25) is 9.58 Å². The molecule has 0 radical (unpaired) electrons. The predicted molar refractivity (Wildman–Crippen MR) is 71.9 cm³/mol. The molecular formula is C13H26N4. The monoisotopic (exact) mass is 238 g/mol. The van der Waals surface area contributed by atoms with Crippen LogP contribution in [0.5, 0.6) is 0 Å². The van der Waals surface area contributed by atoms with E-state index < -0.39 is 0 Å². The topological polar surface area (TPSA) is 47.1 Å². The summed E-state index contributed by atoms with van der Waals surface area (Å²) in [7, 11) is 0. The molecule has 0 aliphatic heterocycles. The number of nitrogens with zero attached hydrogens (tertiary/aromatic N) is 3. The second-order valence-electron chi connectivity index (χ2n) is 4.80. The van der Waals surface area contributed by atoms with Crippen LogP contribution in [0.4, 0.5) is 0 Å². The Morgan fingerprint density at radius 3 is 2.71 bits per heavy atom. The third-order valence-corrected chi connectivity index (χ3v) is 3.03. The van der Waals surface area contributed by atoms with Gasteiger partial charge in [-0.1, -0.05) is 0 Å². The van der Waals surface area contributed by atoms with E-state index in [1.165, 1.54) is 5.69 Å². The first-order chi connectivity index (χ1) is 8.08. The summed E-state index contributed by atoms with van der Waals surface area (Å²) < 4.78 is 2.09. The summed E-state index contributed by atoms with van der Waals surface area (Å²) in [5.41, 5.74) is 7.99. The SMILES string of the molecule is CCn1nc(C)cc1CN(CCCN)C(C)C. The minimum atomic E-state index is 0.544. The van der Waals surface area contributed by atoms with Crippen molar-refractivity contribution in [1.29, 1.82) is 0 Å². The van der Waals surface area contributed by atoms with Gasteiger partial charge in [-0.15, -0.1) is 0 Å². The van der Waals surface area contributed by atoms with E-state index in [1.807, 2.05) is 0 Å². The van der Waals surface area contributed by atoms with E-state index in [1.54, 1.807) is 0 Å². The molecular weight excluding hydrogens is 212 g/mol. The molecule has 2 N–H and O–H groups in total. The molecule has 1 heterocycles. The lowest BCUT2D eigenvalue weighted by Gasteiger charge is -2.26. The van der Waals surface area contributed by atoms with Crippen molar-refractivity contribution in [2.45, 2.75) is 53.2 Å². The second-order valence-corrected chi connectivity index (χ2v) is 4.80. The van der Waals surface area contributed by atoms with Gasteiger partial charge >= 0.3 is 0 Å². The molecule has 0 aliphatic carbocycles. The molecule has 0 atom stereocenters. The van der Waals surface area contributed by atoms with Crippen LogP contribution in [0.1, 0.15) is 38.6 Å². The quantitative estimate of drug-likeness (QED) is 0.787. The highest BCUT2D eigenvalue weighted by Gasteiger charge is 2.12. The van der Waals surface area contributed by atoms with Crippen LogP contribution in [0.25, 0.3) is 0 Å². The minimum absolute atomic E-state index is 0.544. The maximum atomic E-state index is 5.59. The number of rotatable bonds is 7. The van der Waals surface area contributed by atoms with Crippen molar-refractivity contribution >= 4 is 0 Å². The molecule has 0 saturated heterocycles. The molecule has 0 saturated carbocycles. The Hall–Kier alpha value is -0.870. The summed E-state index contributed by atoms with van der Waals surface area (Å²) in [6.45, 7) is 12.4. The van der Waals surface area contributed by atoms with Crippen LogP contribution < -0.4 is 5.73 Å². The molecule has 0 bridgehead atoms. The zero-order valence-corrected chi connectivity index (χ0v) is 11.6. The third kappa shape index (κ3) is 4.13. The van der Waals surface area contributed by atoms with Crippen LogP contribution in [0.15, 0.2) is 6.07 Å². The van der Waals surface area contributed by atoms with Gasteiger partial charge in [-0.25, -0.2) is 0 Å². The zero-order valence-electron chi connectivity index (χ0n) is 11.6. The van der Waals surface area contributed by atoms with Crippen molar-refractivity contribution in [2.24, 2.45) is 5.73 Å². The average Bonchev–Trinajstić information content (AvgIpc) is 2.64. The van der Waals surface area contributed by atoms with Crippen LogP contribution in [-0.2, 0) is 13.1 Å². The summed E-state index contributed by atoms with van der Waals surface area (Å²) in [6, 6.07) is 2.73. The van der Waals surface area contributed by atoms with Crippen LogP contribution in [0.2, 0.25) is 0 Å². The normalized spacial score (nSPS) is 11.7. The van der Waals surface area contributed by atoms with E-state index in [4.69, 9.17) is 5.73 Å². The molecule has 1 aromatic heterocycles. The highest BCUT2D eigenvalue weighted by Crippen LogP contribution is 2.10. The van der Waals surface area contributed by atoms with Crippen molar-refractivity contribution in [3.8, 4) is 0 Å². The molecule has 0 fully saturated rings. The van der Waals surface area contributed by atoms with Crippen molar-refractivity contribution < 1.29 is 0 Å². The number of hydrogen-bond acceptors (Lipinski definition) is 3. The summed E-state index contributed by atoms with van der Waals surface area (Å²) in [6.07, 6.45) is 1.05. The molecule has 0 amide bonds. The van der Waals surface area contributed by atoms with Gasteiger partial charge < -0.3 is 5.73 Å². The van der Waals surface area contributed by atoms with Crippen LogP contribution in [0.3, 0.4) is 0 Å². The van der Waals surface area contributed by atoms with Crippen LogP contribution >= 0.6 is 0 Å². The number of hydrogen-bond donors (Lipinski definition) is 1. The van der Waals surface area contributed by atoms with Gasteiger partial charge in [0.2, 0.25) is 0 Å². The Kier molecular flexibility index (Phi) is 5.65. The number of nitrogens with two attached hydrogens (primary N) is 1. The molecule has 98 valence electrons. The molecule has 17 heavy (non-hydrogen) atoms. The van der Waals surface area contributed by atoms with Crippen molar-refractivity contribution in [3.05, 3.63) is 17.5 Å². The highest BCUT2D eigenvalue weighted by molar-refractivity contribution is 5.09. The van der Waals surface area contributed by atoms with E-state index in [0.29, 0.717) is 6.04 Å². The molecule has 4 heteroatoms. The van der Waals surface area contributed by atoms with Gasteiger partial charge in [0.1, 0.15) is 0 Å². The summed E-state index contributed by atoms with van der Waals surface area (Å²) >= 11 is 0. The predicted octanol–water partition coefficient (Wildman–Crippen LogP) is 1.77. The van der Waals surface area contributed by atoms with Crippen molar-refractivity contribution in [2.75, 3.05) is 13.1 Å². The Morgan fingerprint density at radius 2 is 2.18 bits per heavy atom. The van der Waals surface area contributed by atoms with E-state index in [-0.39, 0.29) is 0 Å². The molecule has 1 rings (SSSR count). The van der Waals surface area contributed by atoms with Gasteiger partial charge in [0.25, 0.3) is 0 Å². The Bertz CT molecular complexity index is 330. The molecule has 4 nitrogen and oxygen atoms in total. The second kappa shape index (κ2) is 6.77. The Balaban J connectivity index is 2.70. The van der Waals surface area contributed by atoms with Gasteiger partial charge in [0, 0.05) is 25.7 Å². The fraction of sp³-hybridized carbons (Fsp3) is 0.769. The van der Waals surface area contributed by atoms with Gasteiger partial charge in [0.15, 0.2) is 0 Å².